The highest BCUT2D eigenvalue weighted by atomic mass is 35.5. The molecule has 0 fully saturated rings. The summed E-state index contributed by atoms with van der Waals surface area (Å²) >= 11 is 5.97. The van der Waals surface area contributed by atoms with E-state index in [0.29, 0.717) is 0 Å². The summed E-state index contributed by atoms with van der Waals surface area (Å²) in [4.78, 5) is 0. The van der Waals surface area contributed by atoms with Gasteiger partial charge in [-0.3, -0.25) is 0 Å². The van der Waals surface area contributed by atoms with Crippen molar-refractivity contribution in [2.24, 2.45) is 0 Å². The standard InChI is InChI=1S/C20H17Cl/c1-14-5-3-4-6-19(14)20-13-17(8-7-15(20)2)16-9-11-18(21)12-10-16/h3-13H,1-2H3. The first-order chi connectivity index (χ1) is 10.1. The quantitative estimate of drug-likeness (QED) is 0.520. The number of halogens is 1. The average molecular weight is 293 g/mol. The van der Waals surface area contributed by atoms with Gasteiger partial charge in [-0.2, -0.15) is 0 Å². The van der Waals surface area contributed by atoms with Crippen molar-refractivity contribution in [3.63, 3.8) is 0 Å². The molecule has 0 nitrogen and oxygen atoms in total. The first-order valence-corrected chi connectivity index (χ1v) is 7.45. The maximum absolute atomic E-state index is 5.97. The van der Waals surface area contributed by atoms with Gasteiger partial charge in [0.2, 0.25) is 0 Å². The Bertz CT molecular complexity index is 770. The van der Waals surface area contributed by atoms with Gasteiger partial charge in [0.05, 0.1) is 0 Å². The normalized spacial score (nSPS) is 10.6. The van der Waals surface area contributed by atoms with Crippen molar-refractivity contribution in [1.82, 2.24) is 0 Å². The molecule has 3 aromatic carbocycles. The molecule has 21 heavy (non-hydrogen) atoms. The monoisotopic (exact) mass is 292 g/mol. The summed E-state index contributed by atoms with van der Waals surface area (Å²) in [7, 11) is 0. The topological polar surface area (TPSA) is 0 Å². The van der Waals surface area contributed by atoms with Crippen LogP contribution in [-0.2, 0) is 0 Å². The SMILES string of the molecule is Cc1ccccc1-c1cc(-c2ccc(Cl)cc2)ccc1C. The van der Waals surface area contributed by atoms with Gasteiger partial charge in [0, 0.05) is 5.02 Å². The van der Waals surface area contributed by atoms with Gasteiger partial charge in [-0.25, -0.2) is 0 Å². The summed E-state index contributed by atoms with van der Waals surface area (Å²) in [6.45, 7) is 4.32. The largest absolute Gasteiger partial charge is 0.0843 e. The number of aryl methyl sites for hydroxylation is 2. The van der Waals surface area contributed by atoms with E-state index in [0.717, 1.165) is 5.02 Å². The van der Waals surface area contributed by atoms with Gasteiger partial charge < -0.3 is 0 Å². The number of rotatable bonds is 2. The first-order valence-electron chi connectivity index (χ1n) is 7.08. The van der Waals surface area contributed by atoms with E-state index in [1.54, 1.807) is 0 Å². The van der Waals surface area contributed by atoms with Crippen molar-refractivity contribution in [3.8, 4) is 22.3 Å². The van der Waals surface area contributed by atoms with E-state index in [1.807, 2.05) is 12.1 Å². The summed E-state index contributed by atoms with van der Waals surface area (Å²) in [5.41, 5.74) is 7.59. The van der Waals surface area contributed by atoms with E-state index in [-0.39, 0.29) is 0 Å². The predicted molar refractivity (Wildman–Crippen MR) is 91.8 cm³/mol. The van der Waals surface area contributed by atoms with Gasteiger partial charge in [0.25, 0.3) is 0 Å². The van der Waals surface area contributed by atoms with Gasteiger partial charge in [-0.15, -0.1) is 0 Å². The van der Waals surface area contributed by atoms with Crippen LogP contribution < -0.4 is 0 Å². The Kier molecular flexibility index (Phi) is 3.81. The lowest BCUT2D eigenvalue weighted by Crippen LogP contribution is -1.88. The number of hydrogen-bond donors (Lipinski definition) is 0. The molecule has 0 bridgehead atoms. The molecule has 0 aromatic heterocycles. The van der Waals surface area contributed by atoms with E-state index in [1.165, 1.54) is 33.4 Å². The van der Waals surface area contributed by atoms with Crippen LogP contribution in [0.25, 0.3) is 22.3 Å². The van der Waals surface area contributed by atoms with E-state index >= 15 is 0 Å². The first kappa shape index (κ1) is 13.9. The highest BCUT2D eigenvalue weighted by molar-refractivity contribution is 6.30. The lowest BCUT2D eigenvalue weighted by molar-refractivity contribution is 1.41. The number of benzene rings is 3. The van der Waals surface area contributed by atoms with Gasteiger partial charge >= 0.3 is 0 Å². The van der Waals surface area contributed by atoms with E-state index in [9.17, 15) is 0 Å². The third kappa shape index (κ3) is 2.86. The molecule has 0 aliphatic rings. The second-order valence-electron chi connectivity index (χ2n) is 5.35. The average Bonchev–Trinajstić information content (AvgIpc) is 2.50. The molecule has 0 saturated heterocycles. The van der Waals surface area contributed by atoms with Crippen molar-refractivity contribution >= 4 is 11.6 Å². The van der Waals surface area contributed by atoms with Crippen LogP contribution in [0.1, 0.15) is 11.1 Å². The van der Waals surface area contributed by atoms with Gasteiger partial charge in [0.15, 0.2) is 0 Å². The van der Waals surface area contributed by atoms with Crippen LogP contribution in [-0.4, -0.2) is 0 Å². The molecule has 0 amide bonds. The molecule has 0 spiro atoms. The van der Waals surface area contributed by atoms with E-state index in [4.69, 9.17) is 11.6 Å². The fraction of sp³-hybridized carbons (Fsp3) is 0.100. The fourth-order valence-corrected chi connectivity index (χ4v) is 2.74. The predicted octanol–water partition coefficient (Wildman–Crippen LogP) is 6.29. The molecule has 0 heterocycles. The summed E-state index contributed by atoms with van der Waals surface area (Å²) in [6, 6.07) is 23.1. The molecule has 0 radical (unpaired) electrons. The fourth-order valence-electron chi connectivity index (χ4n) is 2.61. The second kappa shape index (κ2) is 5.75. The van der Waals surface area contributed by atoms with Crippen molar-refractivity contribution in [2.45, 2.75) is 13.8 Å². The molecule has 3 rings (SSSR count). The minimum atomic E-state index is 0.769. The summed E-state index contributed by atoms with van der Waals surface area (Å²) in [5, 5.41) is 0.769. The zero-order valence-electron chi connectivity index (χ0n) is 12.2. The van der Waals surface area contributed by atoms with Crippen LogP contribution in [0.2, 0.25) is 5.02 Å². The highest BCUT2D eigenvalue weighted by Crippen LogP contribution is 2.31. The zero-order chi connectivity index (χ0) is 14.8. The Morgan fingerprint density at radius 2 is 1.24 bits per heavy atom. The molecule has 3 aromatic rings. The van der Waals surface area contributed by atoms with Crippen LogP contribution in [0, 0.1) is 13.8 Å². The molecule has 0 unspecified atom stereocenters. The summed E-state index contributed by atoms with van der Waals surface area (Å²) in [5.74, 6) is 0. The van der Waals surface area contributed by atoms with Gasteiger partial charge in [-0.1, -0.05) is 60.1 Å². The Morgan fingerprint density at radius 3 is 1.95 bits per heavy atom. The third-order valence-electron chi connectivity index (χ3n) is 3.85. The smallest absolute Gasteiger partial charge is 0.0406 e. The van der Waals surface area contributed by atoms with Gasteiger partial charge in [0.1, 0.15) is 0 Å². The molecule has 1 heteroatoms. The maximum atomic E-state index is 5.97. The van der Waals surface area contributed by atoms with Crippen LogP contribution >= 0.6 is 11.6 Å². The van der Waals surface area contributed by atoms with Crippen LogP contribution in [0.4, 0.5) is 0 Å². The van der Waals surface area contributed by atoms with Crippen LogP contribution in [0.15, 0.2) is 66.7 Å². The van der Waals surface area contributed by atoms with Gasteiger partial charge in [-0.05, 0) is 65.4 Å². The maximum Gasteiger partial charge on any atom is 0.0406 e. The zero-order valence-corrected chi connectivity index (χ0v) is 13.0. The summed E-state index contributed by atoms with van der Waals surface area (Å²) < 4.78 is 0. The molecule has 0 saturated carbocycles. The van der Waals surface area contributed by atoms with Crippen LogP contribution in [0.5, 0.6) is 0 Å². The molecular formula is C20H17Cl. The molecule has 0 N–H and O–H groups in total. The van der Waals surface area contributed by atoms with Crippen molar-refractivity contribution < 1.29 is 0 Å². The molecular weight excluding hydrogens is 276 g/mol. The Hall–Kier alpha value is -2.05. The van der Waals surface area contributed by atoms with Crippen LogP contribution in [0.3, 0.4) is 0 Å². The Morgan fingerprint density at radius 1 is 0.619 bits per heavy atom. The highest BCUT2D eigenvalue weighted by Gasteiger charge is 2.07. The Labute approximate surface area is 131 Å². The molecule has 0 atom stereocenters. The van der Waals surface area contributed by atoms with E-state index in [2.05, 4.69) is 68.4 Å². The van der Waals surface area contributed by atoms with Crippen molar-refractivity contribution in [2.75, 3.05) is 0 Å². The Balaban J connectivity index is 2.13. The molecule has 0 aliphatic heterocycles. The second-order valence-corrected chi connectivity index (χ2v) is 5.79. The lowest BCUT2D eigenvalue weighted by atomic mass is 9.93. The lowest BCUT2D eigenvalue weighted by Gasteiger charge is -2.12. The molecule has 104 valence electrons. The van der Waals surface area contributed by atoms with Crippen molar-refractivity contribution in [3.05, 3.63) is 82.9 Å². The molecule has 0 aliphatic carbocycles. The summed E-state index contributed by atoms with van der Waals surface area (Å²) in [6.07, 6.45) is 0. The third-order valence-corrected chi connectivity index (χ3v) is 4.10. The van der Waals surface area contributed by atoms with Crippen molar-refractivity contribution in [1.29, 1.82) is 0 Å². The minimum Gasteiger partial charge on any atom is -0.0843 e. The number of hydrogen-bond acceptors (Lipinski definition) is 0. The van der Waals surface area contributed by atoms with E-state index < -0.39 is 0 Å². The minimum absolute atomic E-state index is 0.769.